The predicted octanol–water partition coefficient (Wildman–Crippen LogP) is 1.85. The molecule has 15 heavy (non-hydrogen) atoms. The van der Waals surface area contributed by atoms with Crippen LogP contribution in [0.3, 0.4) is 0 Å². The summed E-state index contributed by atoms with van der Waals surface area (Å²) < 4.78 is 40.2. The zero-order valence-electron chi connectivity index (χ0n) is 7.92. The maximum Gasteiger partial charge on any atom is 0.299 e. The summed E-state index contributed by atoms with van der Waals surface area (Å²) in [6, 6.07) is 3.99. The summed E-state index contributed by atoms with van der Waals surface area (Å²) in [7, 11) is -3.60. The minimum absolute atomic E-state index is 0.177. The molecule has 0 aliphatic heterocycles. The van der Waals surface area contributed by atoms with Crippen LogP contribution in [-0.2, 0) is 10.2 Å². The van der Waals surface area contributed by atoms with Gasteiger partial charge in [0.15, 0.2) is 0 Å². The van der Waals surface area contributed by atoms with Crippen molar-refractivity contribution in [1.29, 1.82) is 0 Å². The van der Waals surface area contributed by atoms with Gasteiger partial charge in [0.1, 0.15) is 5.82 Å². The largest absolute Gasteiger partial charge is 0.299 e. The molecule has 1 aromatic rings. The van der Waals surface area contributed by atoms with Crippen molar-refractivity contribution in [2.24, 2.45) is 0 Å². The first kappa shape index (κ1) is 12.4. The summed E-state index contributed by atoms with van der Waals surface area (Å²) in [5.41, 5.74) is 0.177. The first-order valence-corrected chi connectivity index (χ1v) is 6.44. The van der Waals surface area contributed by atoms with Crippen LogP contribution in [0.15, 0.2) is 22.7 Å². The third-order valence-electron chi connectivity index (χ3n) is 1.51. The zero-order chi connectivity index (χ0) is 11.5. The second-order valence-corrected chi connectivity index (χ2v) is 5.09. The predicted molar refractivity (Wildman–Crippen MR) is 60.3 cm³/mol. The number of hydrogen-bond donors (Lipinski definition) is 2. The van der Waals surface area contributed by atoms with Gasteiger partial charge in [-0.15, -0.1) is 0 Å². The van der Waals surface area contributed by atoms with E-state index in [1.54, 1.807) is 6.92 Å². The van der Waals surface area contributed by atoms with Crippen LogP contribution in [0.25, 0.3) is 0 Å². The lowest BCUT2D eigenvalue weighted by Gasteiger charge is -2.07. The van der Waals surface area contributed by atoms with Crippen LogP contribution in [0, 0.1) is 5.82 Å². The van der Waals surface area contributed by atoms with Crippen molar-refractivity contribution in [2.75, 3.05) is 11.3 Å². The molecule has 7 heteroatoms. The highest BCUT2D eigenvalue weighted by Gasteiger charge is 2.08. The summed E-state index contributed by atoms with van der Waals surface area (Å²) in [6.45, 7) is 1.93. The van der Waals surface area contributed by atoms with E-state index in [1.807, 2.05) is 0 Å². The molecule has 0 aliphatic rings. The Hall–Kier alpha value is -0.660. The van der Waals surface area contributed by atoms with E-state index < -0.39 is 16.0 Å². The van der Waals surface area contributed by atoms with Crippen molar-refractivity contribution in [3.05, 3.63) is 28.5 Å². The highest BCUT2D eigenvalue weighted by Crippen LogP contribution is 2.19. The molecule has 84 valence electrons. The lowest BCUT2D eigenvalue weighted by molar-refractivity contribution is 0.589. The minimum atomic E-state index is -3.60. The molecule has 0 unspecified atom stereocenters. The standard InChI is InChI=1S/C8H10BrFN2O2S/c1-2-11-15(13,14)12-6-3-4-7(9)8(10)5-6/h3-5,11-12H,2H2,1H3. The van der Waals surface area contributed by atoms with Crippen LogP contribution < -0.4 is 9.44 Å². The van der Waals surface area contributed by atoms with Crippen LogP contribution in [0.1, 0.15) is 6.92 Å². The van der Waals surface area contributed by atoms with Gasteiger partial charge in [-0.1, -0.05) is 6.92 Å². The van der Waals surface area contributed by atoms with E-state index in [2.05, 4.69) is 25.4 Å². The third-order valence-corrected chi connectivity index (χ3v) is 3.32. The van der Waals surface area contributed by atoms with Crippen molar-refractivity contribution >= 4 is 31.8 Å². The van der Waals surface area contributed by atoms with Gasteiger partial charge in [0.05, 0.1) is 10.2 Å². The van der Waals surface area contributed by atoms with Crippen molar-refractivity contribution in [1.82, 2.24) is 4.72 Å². The van der Waals surface area contributed by atoms with E-state index in [4.69, 9.17) is 0 Å². The molecule has 4 nitrogen and oxygen atoms in total. The minimum Gasteiger partial charge on any atom is -0.271 e. The average molecular weight is 297 g/mol. The number of benzene rings is 1. The van der Waals surface area contributed by atoms with Gasteiger partial charge in [-0.05, 0) is 34.1 Å². The highest BCUT2D eigenvalue weighted by atomic mass is 79.9. The topological polar surface area (TPSA) is 58.2 Å². The lowest BCUT2D eigenvalue weighted by Crippen LogP contribution is -2.29. The quantitative estimate of drug-likeness (QED) is 0.891. The molecular weight excluding hydrogens is 287 g/mol. The van der Waals surface area contributed by atoms with E-state index in [-0.39, 0.29) is 16.7 Å². The van der Waals surface area contributed by atoms with E-state index in [1.165, 1.54) is 12.1 Å². The monoisotopic (exact) mass is 296 g/mol. The second-order valence-electron chi connectivity index (χ2n) is 2.73. The third kappa shape index (κ3) is 3.77. The van der Waals surface area contributed by atoms with Gasteiger partial charge in [0.2, 0.25) is 0 Å². The number of halogens is 2. The molecule has 0 aliphatic carbocycles. The van der Waals surface area contributed by atoms with Crippen molar-refractivity contribution in [2.45, 2.75) is 6.92 Å². The Bertz CT molecular complexity index is 450. The van der Waals surface area contributed by atoms with Crippen LogP contribution in [-0.4, -0.2) is 15.0 Å². The van der Waals surface area contributed by atoms with Gasteiger partial charge in [-0.3, -0.25) is 4.72 Å². The van der Waals surface area contributed by atoms with Crippen LogP contribution in [0.5, 0.6) is 0 Å². The molecule has 0 aromatic heterocycles. The fourth-order valence-corrected chi connectivity index (χ4v) is 2.08. The van der Waals surface area contributed by atoms with Gasteiger partial charge in [-0.25, -0.2) is 4.39 Å². The number of rotatable bonds is 4. The van der Waals surface area contributed by atoms with Gasteiger partial charge in [-0.2, -0.15) is 13.1 Å². The molecule has 0 amide bonds. The van der Waals surface area contributed by atoms with E-state index >= 15 is 0 Å². The second kappa shape index (κ2) is 4.91. The molecule has 0 saturated heterocycles. The summed E-state index contributed by atoms with van der Waals surface area (Å²) in [4.78, 5) is 0. The van der Waals surface area contributed by atoms with Crippen LogP contribution in [0.2, 0.25) is 0 Å². The smallest absolute Gasteiger partial charge is 0.271 e. The Balaban J connectivity index is 2.86. The molecular formula is C8H10BrFN2O2S. The van der Waals surface area contributed by atoms with E-state index in [9.17, 15) is 12.8 Å². The maximum absolute atomic E-state index is 13.0. The Kier molecular flexibility index (Phi) is 4.06. The molecule has 0 spiro atoms. The zero-order valence-corrected chi connectivity index (χ0v) is 10.3. The Morgan fingerprint density at radius 1 is 1.47 bits per heavy atom. The van der Waals surface area contributed by atoms with Gasteiger partial charge in [0, 0.05) is 6.54 Å². The van der Waals surface area contributed by atoms with Crippen LogP contribution >= 0.6 is 15.9 Å². The normalized spacial score (nSPS) is 11.4. The number of nitrogens with one attached hydrogen (secondary N) is 2. The molecule has 0 saturated carbocycles. The first-order valence-electron chi connectivity index (χ1n) is 4.17. The van der Waals surface area contributed by atoms with Crippen LogP contribution in [0.4, 0.5) is 10.1 Å². The Labute approximate surface area is 96.2 Å². The molecule has 2 N–H and O–H groups in total. The molecule has 0 atom stereocenters. The number of anilines is 1. The Morgan fingerprint density at radius 2 is 2.13 bits per heavy atom. The summed E-state index contributed by atoms with van der Waals surface area (Å²) in [5, 5.41) is 0. The highest BCUT2D eigenvalue weighted by molar-refractivity contribution is 9.10. The molecule has 1 aromatic carbocycles. The van der Waals surface area contributed by atoms with Crippen molar-refractivity contribution < 1.29 is 12.8 Å². The fraction of sp³-hybridized carbons (Fsp3) is 0.250. The SMILES string of the molecule is CCNS(=O)(=O)Nc1ccc(Br)c(F)c1. The fourth-order valence-electron chi connectivity index (χ4n) is 0.941. The molecule has 0 fully saturated rings. The van der Waals surface area contributed by atoms with Crippen molar-refractivity contribution in [3.8, 4) is 0 Å². The maximum atomic E-state index is 13.0. The van der Waals surface area contributed by atoms with Gasteiger partial charge < -0.3 is 0 Å². The molecule has 0 heterocycles. The van der Waals surface area contributed by atoms with E-state index in [0.29, 0.717) is 0 Å². The average Bonchev–Trinajstić information content (AvgIpc) is 2.10. The van der Waals surface area contributed by atoms with Gasteiger partial charge >= 0.3 is 0 Å². The summed E-state index contributed by atoms with van der Waals surface area (Å²) in [5.74, 6) is -0.522. The lowest BCUT2D eigenvalue weighted by atomic mass is 10.3. The molecule has 0 bridgehead atoms. The summed E-state index contributed by atoms with van der Waals surface area (Å²) >= 11 is 2.97. The summed E-state index contributed by atoms with van der Waals surface area (Å²) in [6.07, 6.45) is 0. The van der Waals surface area contributed by atoms with Crippen molar-refractivity contribution in [3.63, 3.8) is 0 Å². The van der Waals surface area contributed by atoms with E-state index in [0.717, 1.165) is 6.07 Å². The number of hydrogen-bond acceptors (Lipinski definition) is 2. The first-order chi connectivity index (χ1) is 6.94. The Morgan fingerprint density at radius 3 is 2.67 bits per heavy atom. The molecule has 0 radical (unpaired) electrons. The van der Waals surface area contributed by atoms with Gasteiger partial charge in [0.25, 0.3) is 10.2 Å². The molecule has 1 rings (SSSR count).